The van der Waals surface area contributed by atoms with E-state index in [4.69, 9.17) is 21.1 Å². The number of alkyl halides is 4. The van der Waals surface area contributed by atoms with Crippen molar-refractivity contribution in [2.45, 2.75) is 31.8 Å². The van der Waals surface area contributed by atoms with Crippen LogP contribution in [0.25, 0.3) is 0 Å². The van der Waals surface area contributed by atoms with Crippen LogP contribution in [0.2, 0.25) is 0 Å². The Bertz CT molecular complexity index is 438. The van der Waals surface area contributed by atoms with Gasteiger partial charge < -0.3 is 9.47 Å². The molecule has 20 heavy (non-hydrogen) atoms. The van der Waals surface area contributed by atoms with Crippen LogP contribution in [0.15, 0.2) is 16.6 Å². The number of rotatable bonds is 7. The lowest BCUT2D eigenvalue weighted by molar-refractivity contribution is -0.136. The normalized spacial score (nSPS) is 11.5. The van der Waals surface area contributed by atoms with Gasteiger partial charge in [0.2, 0.25) is 0 Å². The quantitative estimate of drug-likeness (QED) is 0.475. The molecule has 0 radical (unpaired) electrons. The maximum atomic E-state index is 12.1. The van der Waals surface area contributed by atoms with Crippen molar-refractivity contribution in [3.63, 3.8) is 0 Å². The maximum Gasteiger partial charge on any atom is 0.389 e. The topological polar surface area (TPSA) is 18.5 Å². The number of hydrogen-bond donors (Lipinski definition) is 0. The van der Waals surface area contributed by atoms with E-state index in [1.54, 1.807) is 12.1 Å². The van der Waals surface area contributed by atoms with Gasteiger partial charge in [-0.3, -0.25) is 0 Å². The third-order valence-corrected chi connectivity index (χ3v) is 3.27. The zero-order chi connectivity index (χ0) is 15.2. The molecule has 0 unspecified atom stereocenters. The molecule has 0 N–H and O–H groups in total. The highest BCUT2D eigenvalue weighted by Gasteiger charge is 2.26. The molecule has 0 heterocycles. The van der Waals surface area contributed by atoms with E-state index in [-0.39, 0.29) is 13.0 Å². The summed E-state index contributed by atoms with van der Waals surface area (Å²) in [6.45, 7) is 2.21. The summed E-state index contributed by atoms with van der Waals surface area (Å²) in [7, 11) is 0. The minimum atomic E-state index is -4.16. The highest BCUT2D eigenvalue weighted by atomic mass is 79.9. The molecule has 0 aromatic heterocycles. The largest absolute Gasteiger partial charge is 0.490 e. The van der Waals surface area contributed by atoms with Crippen molar-refractivity contribution in [1.29, 1.82) is 0 Å². The lowest BCUT2D eigenvalue weighted by Gasteiger charge is -2.15. The second-order valence-corrected chi connectivity index (χ2v) is 5.16. The Morgan fingerprint density at radius 1 is 1.25 bits per heavy atom. The summed E-state index contributed by atoms with van der Waals surface area (Å²) < 4.78 is 47.6. The lowest BCUT2D eigenvalue weighted by Crippen LogP contribution is -2.10. The van der Waals surface area contributed by atoms with Crippen molar-refractivity contribution in [3.05, 3.63) is 22.2 Å². The van der Waals surface area contributed by atoms with E-state index in [1.165, 1.54) is 0 Å². The van der Waals surface area contributed by atoms with Crippen LogP contribution < -0.4 is 9.47 Å². The molecule has 0 saturated heterocycles. The van der Waals surface area contributed by atoms with Crippen molar-refractivity contribution < 1.29 is 22.6 Å². The molecule has 0 atom stereocenters. The van der Waals surface area contributed by atoms with Gasteiger partial charge in [0, 0.05) is 12.3 Å². The molecule has 1 rings (SSSR count). The monoisotopic (exact) mass is 374 g/mol. The molecule has 0 spiro atoms. The summed E-state index contributed by atoms with van der Waals surface area (Å²) in [6, 6.07) is 3.48. The Morgan fingerprint density at radius 3 is 2.50 bits per heavy atom. The van der Waals surface area contributed by atoms with Gasteiger partial charge in [-0.05, 0) is 47.0 Å². The minimum absolute atomic E-state index is 0.0294. The van der Waals surface area contributed by atoms with Gasteiger partial charge in [0.05, 0.1) is 17.7 Å². The number of benzene rings is 1. The number of halogens is 5. The molecule has 2 nitrogen and oxygen atoms in total. The molecule has 0 amide bonds. The van der Waals surface area contributed by atoms with Crippen molar-refractivity contribution >= 4 is 27.5 Å². The summed E-state index contributed by atoms with van der Waals surface area (Å²) in [4.78, 5) is 0. The van der Waals surface area contributed by atoms with Gasteiger partial charge >= 0.3 is 6.18 Å². The van der Waals surface area contributed by atoms with Gasteiger partial charge in [-0.1, -0.05) is 0 Å². The van der Waals surface area contributed by atoms with Crippen molar-refractivity contribution in [1.82, 2.24) is 0 Å². The first-order valence-electron chi connectivity index (χ1n) is 6.08. The first-order valence-corrected chi connectivity index (χ1v) is 7.41. The van der Waals surface area contributed by atoms with Gasteiger partial charge in [-0.2, -0.15) is 13.2 Å². The molecule has 1 aromatic rings. The molecule has 0 aliphatic heterocycles. The fourth-order valence-corrected chi connectivity index (χ4v) is 2.31. The van der Waals surface area contributed by atoms with Crippen LogP contribution in [0.4, 0.5) is 13.2 Å². The zero-order valence-electron chi connectivity index (χ0n) is 10.9. The van der Waals surface area contributed by atoms with Crippen LogP contribution in [0.1, 0.15) is 25.3 Å². The van der Waals surface area contributed by atoms with Crippen LogP contribution in [0, 0.1) is 0 Å². The average molecular weight is 376 g/mol. The minimum Gasteiger partial charge on any atom is -0.490 e. The predicted molar refractivity (Wildman–Crippen MR) is 75.7 cm³/mol. The second-order valence-electron chi connectivity index (χ2n) is 4.04. The first-order chi connectivity index (χ1) is 9.37. The average Bonchev–Trinajstić information content (AvgIpc) is 2.35. The van der Waals surface area contributed by atoms with E-state index in [1.807, 2.05) is 6.92 Å². The van der Waals surface area contributed by atoms with E-state index in [0.717, 1.165) is 5.56 Å². The maximum absolute atomic E-state index is 12.1. The summed E-state index contributed by atoms with van der Waals surface area (Å²) in [6.07, 6.45) is -5.13. The van der Waals surface area contributed by atoms with Crippen molar-refractivity contribution in [2.24, 2.45) is 0 Å². The molecule has 0 fully saturated rings. The fourth-order valence-electron chi connectivity index (χ4n) is 1.55. The van der Waals surface area contributed by atoms with Crippen LogP contribution in [-0.2, 0) is 5.88 Å². The SMILES string of the molecule is CCOc1cc(CCl)cc(Br)c1OCCCC(F)(F)F. The molecular weight excluding hydrogens is 360 g/mol. The van der Waals surface area contributed by atoms with Crippen molar-refractivity contribution in [2.75, 3.05) is 13.2 Å². The van der Waals surface area contributed by atoms with Crippen LogP contribution in [0.3, 0.4) is 0 Å². The van der Waals surface area contributed by atoms with E-state index in [9.17, 15) is 13.2 Å². The van der Waals surface area contributed by atoms with Crippen LogP contribution in [0.5, 0.6) is 11.5 Å². The molecular formula is C13H15BrClF3O2. The predicted octanol–water partition coefficient (Wildman–Crippen LogP) is 5.31. The van der Waals surface area contributed by atoms with Gasteiger partial charge in [0.25, 0.3) is 0 Å². The second kappa shape index (κ2) is 7.98. The molecule has 114 valence electrons. The highest BCUT2D eigenvalue weighted by Crippen LogP contribution is 2.37. The fraction of sp³-hybridized carbons (Fsp3) is 0.538. The summed E-state index contributed by atoms with van der Waals surface area (Å²) in [5, 5.41) is 0. The van der Waals surface area contributed by atoms with Gasteiger partial charge in [-0.15, -0.1) is 11.6 Å². The Morgan fingerprint density at radius 2 is 1.95 bits per heavy atom. The number of hydrogen-bond acceptors (Lipinski definition) is 2. The van der Waals surface area contributed by atoms with E-state index < -0.39 is 12.6 Å². The first kappa shape index (κ1) is 17.4. The van der Waals surface area contributed by atoms with Gasteiger partial charge in [0.15, 0.2) is 11.5 Å². The van der Waals surface area contributed by atoms with E-state index in [0.29, 0.717) is 28.5 Å². The zero-order valence-corrected chi connectivity index (χ0v) is 13.2. The summed E-state index contributed by atoms with van der Waals surface area (Å²) in [5.41, 5.74) is 0.838. The Kier molecular flexibility index (Phi) is 6.95. The molecule has 7 heteroatoms. The smallest absolute Gasteiger partial charge is 0.389 e. The van der Waals surface area contributed by atoms with Gasteiger partial charge in [0.1, 0.15) is 0 Å². The molecule has 1 aromatic carbocycles. The summed E-state index contributed by atoms with van der Waals surface area (Å²) in [5.74, 6) is 1.19. The highest BCUT2D eigenvalue weighted by molar-refractivity contribution is 9.10. The molecule has 0 bridgehead atoms. The number of ether oxygens (including phenoxy) is 2. The third-order valence-electron chi connectivity index (χ3n) is 2.37. The molecule has 0 aliphatic rings. The molecule has 0 aliphatic carbocycles. The Hall–Kier alpha value is -0.620. The third kappa shape index (κ3) is 5.79. The van der Waals surface area contributed by atoms with E-state index in [2.05, 4.69) is 15.9 Å². The lowest BCUT2D eigenvalue weighted by atomic mass is 10.2. The molecule has 0 saturated carbocycles. The summed E-state index contributed by atoms with van der Waals surface area (Å²) >= 11 is 9.07. The van der Waals surface area contributed by atoms with Crippen molar-refractivity contribution in [3.8, 4) is 11.5 Å². The Balaban J connectivity index is 2.72. The van der Waals surface area contributed by atoms with E-state index >= 15 is 0 Å². The standard InChI is InChI=1S/C13H15BrClF3O2/c1-2-19-11-7-9(8-15)6-10(14)12(11)20-5-3-4-13(16,17)18/h6-7H,2-5,8H2,1H3. The Labute approximate surface area is 129 Å². The van der Waals surface area contributed by atoms with Crippen LogP contribution >= 0.6 is 27.5 Å². The van der Waals surface area contributed by atoms with Gasteiger partial charge in [-0.25, -0.2) is 0 Å². The van der Waals surface area contributed by atoms with Crippen LogP contribution in [-0.4, -0.2) is 19.4 Å².